The zero-order valence-electron chi connectivity index (χ0n) is 10.9. The molecule has 19 heavy (non-hydrogen) atoms. The monoisotopic (exact) mass is 296 g/mol. The maximum Gasteiger partial charge on any atom is 0.253 e. The summed E-state index contributed by atoms with van der Waals surface area (Å²) in [4.78, 5) is 21.1. The standard InChI is InChI=1S/C13H16N2O2S2/c1-9(2)7-17-15-12(16)8-18-13-14-10-5-3-4-6-11(10)19-13/h3-6,9H,7-8H2,1-2H3,(H,15,16). The van der Waals surface area contributed by atoms with Crippen LogP contribution in [-0.4, -0.2) is 23.3 Å². The van der Waals surface area contributed by atoms with Gasteiger partial charge < -0.3 is 0 Å². The summed E-state index contributed by atoms with van der Waals surface area (Å²) in [5.74, 6) is 0.583. The number of rotatable bonds is 6. The van der Waals surface area contributed by atoms with E-state index in [1.807, 2.05) is 38.1 Å². The number of amides is 1. The van der Waals surface area contributed by atoms with E-state index in [1.54, 1.807) is 11.3 Å². The molecule has 0 unspecified atom stereocenters. The second kappa shape index (κ2) is 6.88. The van der Waals surface area contributed by atoms with Crippen molar-refractivity contribution in [1.29, 1.82) is 0 Å². The second-order valence-corrected chi connectivity index (χ2v) is 6.72. The van der Waals surface area contributed by atoms with Crippen molar-refractivity contribution < 1.29 is 9.63 Å². The lowest BCUT2D eigenvalue weighted by atomic mass is 10.2. The third-order valence-electron chi connectivity index (χ3n) is 2.20. The van der Waals surface area contributed by atoms with Gasteiger partial charge in [0.05, 0.1) is 22.6 Å². The van der Waals surface area contributed by atoms with Crippen LogP contribution in [0.15, 0.2) is 28.6 Å². The molecule has 1 heterocycles. The molecule has 0 radical (unpaired) electrons. The Labute approximate surface area is 120 Å². The SMILES string of the molecule is CC(C)CONC(=O)CSc1nc2ccccc2s1. The predicted octanol–water partition coefficient (Wildman–Crippen LogP) is 3.09. The molecule has 2 aromatic rings. The molecule has 102 valence electrons. The van der Waals surface area contributed by atoms with Gasteiger partial charge in [0.2, 0.25) is 0 Å². The summed E-state index contributed by atoms with van der Waals surface area (Å²) in [5, 5.41) is 0. The van der Waals surface area contributed by atoms with Crippen LogP contribution in [0.3, 0.4) is 0 Å². The summed E-state index contributed by atoms with van der Waals surface area (Å²) >= 11 is 3.03. The lowest BCUT2D eigenvalue weighted by Gasteiger charge is -2.06. The molecule has 0 spiro atoms. The van der Waals surface area contributed by atoms with E-state index in [0.717, 1.165) is 14.6 Å². The minimum Gasteiger partial charge on any atom is -0.273 e. The number of nitrogens with zero attached hydrogens (tertiary/aromatic N) is 1. The van der Waals surface area contributed by atoms with Crippen molar-refractivity contribution >= 4 is 39.2 Å². The molecule has 6 heteroatoms. The minimum absolute atomic E-state index is 0.134. The fourth-order valence-corrected chi connectivity index (χ4v) is 3.21. The van der Waals surface area contributed by atoms with Crippen LogP contribution in [0.2, 0.25) is 0 Å². The number of aromatic nitrogens is 1. The quantitative estimate of drug-likeness (QED) is 0.657. The molecule has 1 aromatic heterocycles. The summed E-state index contributed by atoms with van der Waals surface area (Å²) in [6.07, 6.45) is 0. The number of carbonyl (C=O) groups excluding carboxylic acids is 1. The third-order valence-corrected chi connectivity index (χ3v) is 4.38. The van der Waals surface area contributed by atoms with Gasteiger partial charge in [-0.3, -0.25) is 9.63 Å². The molecule has 0 aliphatic rings. The Hall–Kier alpha value is -1.11. The van der Waals surface area contributed by atoms with Gasteiger partial charge >= 0.3 is 0 Å². The highest BCUT2D eigenvalue weighted by Crippen LogP contribution is 2.28. The molecule has 1 amide bonds. The summed E-state index contributed by atoms with van der Waals surface area (Å²) in [7, 11) is 0. The van der Waals surface area contributed by atoms with E-state index in [-0.39, 0.29) is 5.91 Å². The maximum absolute atomic E-state index is 11.5. The molecule has 1 aromatic carbocycles. The van der Waals surface area contributed by atoms with E-state index in [2.05, 4.69) is 10.5 Å². The Balaban J connectivity index is 1.80. The van der Waals surface area contributed by atoms with Crippen molar-refractivity contribution in [2.24, 2.45) is 5.92 Å². The Bertz CT molecular complexity index is 521. The highest BCUT2D eigenvalue weighted by molar-refractivity contribution is 8.01. The zero-order chi connectivity index (χ0) is 13.7. The maximum atomic E-state index is 11.5. The number of hydroxylamine groups is 1. The van der Waals surface area contributed by atoms with Crippen molar-refractivity contribution in [3.63, 3.8) is 0 Å². The Kier molecular flexibility index (Phi) is 5.18. The van der Waals surface area contributed by atoms with Crippen molar-refractivity contribution in [2.45, 2.75) is 18.2 Å². The van der Waals surface area contributed by atoms with Crippen molar-refractivity contribution in [1.82, 2.24) is 10.5 Å². The van der Waals surface area contributed by atoms with Crippen LogP contribution in [0.5, 0.6) is 0 Å². The molecule has 0 saturated carbocycles. The van der Waals surface area contributed by atoms with E-state index in [4.69, 9.17) is 4.84 Å². The Morgan fingerprint density at radius 3 is 3.00 bits per heavy atom. The van der Waals surface area contributed by atoms with Crippen LogP contribution in [0, 0.1) is 5.92 Å². The van der Waals surface area contributed by atoms with Crippen LogP contribution in [0.25, 0.3) is 10.2 Å². The van der Waals surface area contributed by atoms with E-state index < -0.39 is 0 Å². The number of para-hydroxylation sites is 1. The second-order valence-electron chi connectivity index (χ2n) is 4.47. The van der Waals surface area contributed by atoms with Crippen LogP contribution in [0.1, 0.15) is 13.8 Å². The number of thioether (sulfide) groups is 1. The molecule has 4 nitrogen and oxygen atoms in total. The van der Waals surface area contributed by atoms with Gasteiger partial charge in [0.25, 0.3) is 5.91 Å². The molecule has 0 fully saturated rings. The highest BCUT2D eigenvalue weighted by Gasteiger charge is 2.07. The van der Waals surface area contributed by atoms with Crippen LogP contribution in [0.4, 0.5) is 0 Å². The average molecular weight is 296 g/mol. The van der Waals surface area contributed by atoms with Gasteiger partial charge in [-0.05, 0) is 18.1 Å². The number of benzene rings is 1. The average Bonchev–Trinajstić information content (AvgIpc) is 2.78. The molecule has 1 N–H and O–H groups in total. The minimum atomic E-state index is -0.134. The molecule has 0 aliphatic heterocycles. The molecule has 0 aliphatic carbocycles. The molecule has 0 atom stereocenters. The number of hydrogen-bond acceptors (Lipinski definition) is 5. The smallest absolute Gasteiger partial charge is 0.253 e. The molecule has 2 rings (SSSR count). The van der Waals surface area contributed by atoms with Gasteiger partial charge in [-0.1, -0.05) is 37.7 Å². The Morgan fingerprint density at radius 1 is 1.47 bits per heavy atom. The number of fused-ring (bicyclic) bond motifs is 1. The van der Waals surface area contributed by atoms with Crippen molar-refractivity contribution in [3.05, 3.63) is 24.3 Å². The van der Waals surface area contributed by atoms with E-state index in [1.165, 1.54) is 11.8 Å². The number of carbonyl (C=O) groups is 1. The number of thiazole rings is 1. The largest absolute Gasteiger partial charge is 0.273 e. The molecular formula is C13H16N2O2S2. The van der Waals surface area contributed by atoms with Gasteiger partial charge in [-0.25, -0.2) is 10.5 Å². The van der Waals surface area contributed by atoms with Crippen LogP contribution in [-0.2, 0) is 9.63 Å². The first-order chi connectivity index (χ1) is 9.15. The van der Waals surface area contributed by atoms with Gasteiger partial charge in [-0.2, -0.15) is 0 Å². The lowest BCUT2D eigenvalue weighted by molar-refractivity contribution is -0.131. The normalized spacial score (nSPS) is 11.1. The first kappa shape index (κ1) is 14.3. The topological polar surface area (TPSA) is 51.2 Å². The van der Waals surface area contributed by atoms with Crippen LogP contribution < -0.4 is 5.48 Å². The Morgan fingerprint density at radius 2 is 2.26 bits per heavy atom. The molecular weight excluding hydrogens is 280 g/mol. The molecule has 0 saturated heterocycles. The van der Waals surface area contributed by atoms with Gasteiger partial charge in [0, 0.05) is 0 Å². The lowest BCUT2D eigenvalue weighted by Crippen LogP contribution is -2.27. The van der Waals surface area contributed by atoms with Crippen LogP contribution >= 0.6 is 23.1 Å². The van der Waals surface area contributed by atoms with E-state index in [9.17, 15) is 4.79 Å². The molecule has 0 bridgehead atoms. The number of hydrogen-bond donors (Lipinski definition) is 1. The van der Waals surface area contributed by atoms with Gasteiger partial charge in [0.1, 0.15) is 0 Å². The van der Waals surface area contributed by atoms with E-state index >= 15 is 0 Å². The zero-order valence-corrected chi connectivity index (χ0v) is 12.5. The highest BCUT2D eigenvalue weighted by atomic mass is 32.2. The van der Waals surface area contributed by atoms with E-state index in [0.29, 0.717) is 18.3 Å². The summed E-state index contributed by atoms with van der Waals surface area (Å²) < 4.78 is 2.04. The summed E-state index contributed by atoms with van der Waals surface area (Å²) in [5.41, 5.74) is 3.41. The van der Waals surface area contributed by atoms with Gasteiger partial charge in [-0.15, -0.1) is 11.3 Å². The fraction of sp³-hybridized carbons (Fsp3) is 0.385. The van der Waals surface area contributed by atoms with Crippen molar-refractivity contribution in [3.8, 4) is 0 Å². The first-order valence-corrected chi connectivity index (χ1v) is 7.84. The third kappa shape index (κ3) is 4.49. The number of nitrogens with one attached hydrogen (secondary N) is 1. The predicted molar refractivity (Wildman–Crippen MR) is 79.3 cm³/mol. The first-order valence-electron chi connectivity index (χ1n) is 6.04. The summed E-state index contributed by atoms with van der Waals surface area (Å²) in [6, 6.07) is 7.95. The summed E-state index contributed by atoms with van der Waals surface area (Å²) in [6.45, 7) is 4.58. The van der Waals surface area contributed by atoms with Gasteiger partial charge in [0.15, 0.2) is 4.34 Å². The fourth-order valence-electron chi connectivity index (χ4n) is 1.36. The van der Waals surface area contributed by atoms with Crippen molar-refractivity contribution in [2.75, 3.05) is 12.4 Å².